The Labute approximate surface area is 138 Å². The molecule has 2 heterocycles. The number of rotatable bonds is 6. The van der Waals surface area contributed by atoms with Crippen molar-refractivity contribution in [1.82, 2.24) is 14.8 Å². The SMILES string of the molecule is CCOc1cc(C(=O)N(C2CC2)C2CCN(CC)CC2)ccn1. The van der Waals surface area contributed by atoms with Gasteiger partial charge in [-0.1, -0.05) is 6.92 Å². The van der Waals surface area contributed by atoms with Crippen LogP contribution in [-0.4, -0.2) is 59.0 Å². The summed E-state index contributed by atoms with van der Waals surface area (Å²) in [5.41, 5.74) is 0.702. The average Bonchev–Trinajstić information content (AvgIpc) is 3.41. The smallest absolute Gasteiger partial charge is 0.254 e. The van der Waals surface area contributed by atoms with Gasteiger partial charge in [0.2, 0.25) is 5.88 Å². The maximum Gasteiger partial charge on any atom is 0.254 e. The van der Waals surface area contributed by atoms with Crippen molar-refractivity contribution in [3.05, 3.63) is 23.9 Å². The standard InChI is InChI=1S/C18H27N3O2/c1-3-20-11-8-16(9-12-20)21(15-5-6-15)18(22)14-7-10-19-17(13-14)23-4-2/h7,10,13,15-16H,3-6,8-9,11-12H2,1-2H3. The first-order valence-electron chi connectivity index (χ1n) is 8.86. The lowest BCUT2D eigenvalue weighted by atomic mass is 10.0. The number of carbonyl (C=O) groups is 1. The third-order valence-electron chi connectivity index (χ3n) is 4.85. The molecule has 0 aromatic carbocycles. The number of ether oxygens (including phenoxy) is 1. The van der Waals surface area contributed by atoms with Crippen molar-refractivity contribution in [2.45, 2.75) is 51.6 Å². The molecular formula is C18H27N3O2. The molecule has 0 unspecified atom stereocenters. The number of aromatic nitrogens is 1. The van der Waals surface area contributed by atoms with Crippen LogP contribution in [0.3, 0.4) is 0 Å². The number of hydrogen-bond acceptors (Lipinski definition) is 4. The van der Waals surface area contributed by atoms with Crippen LogP contribution in [0.2, 0.25) is 0 Å². The second-order valence-electron chi connectivity index (χ2n) is 6.42. The van der Waals surface area contributed by atoms with Crippen LogP contribution in [0.1, 0.15) is 49.9 Å². The number of likely N-dealkylation sites (tertiary alicyclic amines) is 1. The lowest BCUT2D eigenvalue weighted by Gasteiger charge is -2.38. The molecule has 0 atom stereocenters. The van der Waals surface area contributed by atoms with Gasteiger partial charge in [0.05, 0.1) is 6.61 Å². The molecular weight excluding hydrogens is 290 g/mol. The van der Waals surface area contributed by atoms with Gasteiger partial charge in [0.25, 0.3) is 5.91 Å². The van der Waals surface area contributed by atoms with Crippen LogP contribution < -0.4 is 4.74 Å². The van der Waals surface area contributed by atoms with E-state index in [9.17, 15) is 4.79 Å². The predicted octanol–water partition coefficient (Wildman–Crippen LogP) is 2.57. The zero-order valence-corrected chi connectivity index (χ0v) is 14.2. The van der Waals surface area contributed by atoms with Crippen molar-refractivity contribution < 1.29 is 9.53 Å². The minimum absolute atomic E-state index is 0.144. The Morgan fingerprint density at radius 1 is 1.26 bits per heavy atom. The molecule has 1 aliphatic carbocycles. The summed E-state index contributed by atoms with van der Waals surface area (Å²) in [6.07, 6.45) is 6.12. The molecule has 0 N–H and O–H groups in total. The van der Waals surface area contributed by atoms with Crippen LogP contribution in [-0.2, 0) is 0 Å². The van der Waals surface area contributed by atoms with E-state index in [4.69, 9.17) is 4.74 Å². The van der Waals surface area contributed by atoms with Gasteiger partial charge in [0.1, 0.15) is 0 Å². The van der Waals surface area contributed by atoms with Crippen molar-refractivity contribution in [2.75, 3.05) is 26.2 Å². The number of nitrogens with zero attached hydrogens (tertiary/aromatic N) is 3. The van der Waals surface area contributed by atoms with Crippen LogP contribution in [0.15, 0.2) is 18.3 Å². The van der Waals surface area contributed by atoms with Gasteiger partial charge in [-0.15, -0.1) is 0 Å². The van der Waals surface area contributed by atoms with Crippen LogP contribution in [0.4, 0.5) is 0 Å². The maximum absolute atomic E-state index is 13.1. The summed E-state index contributed by atoms with van der Waals surface area (Å²) in [5.74, 6) is 0.681. The quantitative estimate of drug-likeness (QED) is 0.809. The highest BCUT2D eigenvalue weighted by molar-refractivity contribution is 5.95. The largest absolute Gasteiger partial charge is 0.478 e. The van der Waals surface area contributed by atoms with E-state index in [2.05, 4.69) is 21.7 Å². The zero-order chi connectivity index (χ0) is 16.2. The average molecular weight is 317 g/mol. The number of piperidine rings is 1. The van der Waals surface area contributed by atoms with Crippen molar-refractivity contribution in [3.8, 4) is 5.88 Å². The van der Waals surface area contributed by atoms with Gasteiger partial charge in [-0.3, -0.25) is 4.79 Å². The minimum atomic E-state index is 0.144. The van der Waals surface area contributed by atoms with Gasteiger partial charge in [-0.2, -0.15) is 0 Å². The summed E-state index contributed by atoms with van der Waals surface area (Å²) < 4.78 is 5.44. The van der Waals surface area contributed by atoms with Crippen LogP contribution >= 0.6 is 0 Å². The fraction of sp³-hybridized carbons (Fsp3) is 0.667. The van der Waals surface area contributed by atoms with Gasteiger partial charge >= 0.3 is 0 Å². The number of hydrogen-bond donors (Lipinski definition) is 0. The molecule has 1 saturated carbocycles. The number of carbonyl (C=O) groups excluding carboxylic acids is 1. The van der Waals surface area contributed by atoms with Gasteiger partial charge in [0.15, 0.2) is 0 Å². The topological polar surface area (TPSA) is 45.7 Å². The Morgan fingerprint density at radius 2 is 1.96 bits per heavy atom. The molecule has 1 aliphatic heterocycles. The first kappa shape index (κ1) is 16.2. The molecule has 23 heavy (non-hydrogen) atoms. The molecule has 1 saturated heterocycles. The van der Waals surface area contributed by atoms with E-state index >= 15 is 0 Å². The fourth-order valence-corrected chi connectivity index (χ4v) is 3.41. The Morgan fingerprint density at radius 3 is 2.57 bits per heavy atom. The Kier molecular flexibility index (Phi) is 5.16. The molecule has 2 fully saturated rings. The first-order valence-corrected chi connectivity index (χ1v) is 8.86. The second-order valence-corrected chi connectivity index (χ2v) is 6.42. The number of amides is 1. The Bertz CT molecular complexity index is 537. The number of pyridine rings is 1. The molecule has 5 heteroatoms. The van der Waals surface area contributed by atoms with Crippen LogP contribution in [0, 0.1) is 0 Å². The molecule has 126 valence electrons. The maximum atomic E-state index is 13.1. The van der Waals surface area contributed by atoms with E-state index in [1.54, 1.807) is 18.3 Å². The third-order valence-corrected chi connectivity index (χ3v) is 4.85. The van der Waals surface area contributed by atoms with Crippen LogP contribution in [0.5, 0.6) is 5.88 Å². The molecule has 2 aliphatic rings. The van der Waals surface area contributed by atoms with Gasteiger partial charge in [0, 0.05) is 43.0 Å². The molecule has 1 aromatic rings. The Balaban J connectivity index is 1.73. The molecule has 0 bridgehead atoms. The summed E-state index contributed by atoms with van der Waals surface area (Å²) >= 11 is 0. The highest BCUT2D eigenvalue weighted by Crippen LogP contribution is 2.33. The van der Waals surface area contributed by atoms with Gasteiger partial charge < -0.3 is 14.5 Å². The molecule has 1 amide bonds. The van der Waals surface area contributed by atoms with Crippen LogP contribution in [0.25, 0.3) is 0 Å². The zero-order valence-electron chi connectivity index (χ0n) is 14.2. The van der Waals surface area contributed by atoms with E-state index in [1.807, 2.05) is 6.92 Å². The van der Waals surface area contributed by atoms with Gasteiger partial charge in [-0.25, -0.2) is 4.98 Å². The van der Waals surface area contributed by atoms with Crippen molar-refractivity contribution >= 4 is 5.91 Å². The van der Waals surface area contributed by atoms with Crippen molar-refractivity contribution in [2.24, 2.45) is 0 Å². The summed E-state index contributed by atoms with van der Waals surface area (Å²) in [6, 6.07) is 4.40. The van der Waals surface area contributed by atoms with Gasteiger partial charge in [-0.05, 0) is 45.2 Å². The highest BCUT2D eigenvalue weighted by Gasteiger charge is 2.38. The summed E-state index contributed by atoms with van der Waals surface area (Å²) in [6.45, 7) is 7.99. The van der Waals surface area contributed by atoms with E-state index < -0.39 is 0 Å². The fourth-order valence-electron chi connectivity index (χ4n) is 3.41. The lowest BCUT2D eigenvalue weighted by Crippen LogP contribution is -2.48. The monoisotopic (exact) mass is 317 g/mol. The predicted molar refractivity (Wildman–Crippen MR) is 89.7 cm³/mol. The Hall–Kier alpha value is -1.62. The first-order chi connectivity index (χ1) is 11.2. The summed E-state index contributed by atoms with van der Waals surface area (Å²) in [4.78, 5) is 21.8. The third kappa shape index (κ3) is 3.83. The van der Waals surface area contributed by atoms with E-state index in [0.29, 0.717) is 30.1 Å². The minimum Gasteiger partial charge on any atom is -0.478 e. The highest BCUT2D eigenvalue weighted by atomic mass is 16.5. The molecule has 5 nitrogen and oxygen atoms in total. The van der Waals surface area contributed by atoms with E-state index in [1.165, 1.54) is 0 Å². The summed E-state index contributed by atoms with van der Waals surface area (Å²) in [7, 11) is 0. The molecule has 1 aromatic heterocycles. The lowest BCUT2D eigenvalue weighted by molar-refractivity contribution is 0.0554. The van der Waals surface area contributed by atoms with E-state index in [-0.39, 0.29) is 5.91 Å². The van der Waals surface area contributed by atoms with E-state index in [0.717, 1.165) is 45.3 Å². The van der Waals surface area contributed by atoms with Crippen molar-refractivity contribution in [3.63, 3.8) is 0 Å². The molecule has 0 spiro atoms. The summed E-state index contributed by atoms with van der Waals surface area (Å²) in [5, 5.41) is 0. The van der Waals surface area contributed by atoms with Crippen molar-refractivity contribution in [1.29, 1.82) is 0 Å². The molecule has 3 rings (SSSR count). The normalized spacial score (nSPS) is 19.6. The molecule has 0 radical (unpaired) electrons. The second kappa shape index (κ2) is 7.30.